The average Bonchev–Trinajstić information content (AvgIpc) is 2.31. The molecule has 122 valence electrons. The molecule has 2 rings (SSSR count). The molecular formula is C14H21FN4O3. The maximum atomic E-state index is 13.3. The topological polar surface area (TPSA) is 74.6 Å². The van der Waals surface area contributed by atoms with E-state index in [1.54, 1.807) is 32.7 Å². The molecular weight excluding hydrogens is 291 g/mol. The number of likely N-dealkylation sites (N-methyl/N-ethyl adjacent to an activating group) is 1. The summed E-state index contributed by atoms with van der Waals surface area (Å²) in [7, 11) is 1.66. The number of rotatable bonds is 1. The first kappa shape index (κ1) is 16.4. The molecule has 0 aliphatic carbocycles. The van der Waals surface area contributed by atoms with E-state index in [0.717, 1.165) is 0 Å². The summed E-state index contributed by atoms with van der Waals surface area (Å²) in [5.41, 5.74) is -0.439. The van der Waals surface area contributed by atoms with Crippen molar-refractivity contribution in [2.45, 2.75) is 45.5 Å². The normalized spacial score (nSPS) is 22.7. The molecule has 0 spiro atoms. The van der Waals surface area contributed by atoms with Crippen LogP contribution >= 0.6 is 0 Å². The molecule has 1 atom stereocenters. The molecule has 1 saturated heterocycles. The molecule has 0 radical (unpaired) electrons. The second kappa shape index (κ2) is 5.66. The van der Waals surface area contributed by atoms with Crippen molar-refractivity contribution < 1.29 is 18.7 Å². The Kier molecular flexibility index (Phi) is 4.21. The fourth-order valence-electron chi connectivity index (χ4n) is 2.06. The molecule has 2 aliphatic rings. The Hall–Kier alpha value is -1.99. The first-order chi connectivity index (χ1) is 10.1. The third-order valence-corrected chi connectivity index (χ3v) is 3.44. The zero-order valence-electron chi connectivity index (χ0n) is 13.5. The van der Waals surface area contributed by atoms with Gasteiger partial charge in [-0.15, -0.1) is 0 Å². The minimum Gasteiger partial charge on any atom is -0.444 e. The minimum absolute atomic E-state index is 0.0498. The fourth-order valence-corrected chi connectivity index (χ4v) is 2.06. The van der Waals surface area contributed by atoms with Crippen molar-refractivity contribution in [1.82, 2.24) is 9.80 Å². The van der Waals surface area contributed by atoms with Gasteiger partial charge in [0.2, 0.25) is 12.1 Å². The highest BCUT2D eigenvalue weighted by Gasteiger charge is 2.38. The van der Waals surface area contributed by atoms with Crippen molar-refractivity contribution in [2.75, 3.05) is 20.1 Å². The maximum absolute atomic E-state index is 13.3. The molecule has 7 nitrogen and oxygen atoms in total. The number of alkyl halides is 1. The monoisotopic (exact) mass is 312 g/mol. The van der Waals surface area contributed by atoms with Gasteiger partial charge in [-0.3, -0.25) is 4.79 Å². The van der Waals surface area contributed by atoms with Gasteiger partial charge in [0.15, 0.2) is 0 Å². The van der Waals surface area contributed by atoms with Crippen molar-refractivity contribution in [3.63, 3.8) is 0 Å². The van der Waals surface area contributed by atoms with Gasteiger partial charge in [-0.05, 0) is 27.7 Å². The zero-order chi connectivity index (χ0) is 16.7. The van der Waals surface area contributed by atoms with E-state index in [4.69, 9.17) is 4.74 Å². The lowest BCUT2D eigenvalue weighted by Gasteiger charge is -2.44. The highest BCUT2D eigenvalue weighted by atomic mass is 19.1. The Bertz CT molecular complexity index is 547. The van der Waals surface area contributed by atoms with E-state index >= 15 is 0 Å². The molecule has 0 saturated carbocycles. The third-order valence-electron chi connectivity index (χ3n) is 3.44. The van der Waals surface area contributed by atoms with E-state index in [1.165, 1.54) is 11.8 Å². The first-order valence-electron chi connectivity index (χ1n) is 7.11. The Morgan fingerprint density at radius 1 is 1.36 bits per heavy atom. The predicted molar refractivity (Wildman–Crippen MR) is 79.8 cm³/mol. The van der Waals surface area contributed by atoms with Crippen molar-refractivity contribution in [1.29, 1.82) is 0 Å². The predicted octanol–water partition coefficient (Wildman–Crippen LogP) is 1.23. The minimum atomic E-state index is -1.75. The smallest absolute Gasteiger partial charge is 0.410 e. The van der Waals surface area contributed by atoms with E-state index < -0.39 is 23.8 Å². The summed E-state index contributed by atoms with van der Waals surface area (Å²) in [6, 6.07) is -0.0498. The van der Waals surface area contributed by atoms with Crippen LogP contribution in [0.1, 0.15) is 27.7 Å². The number of ether oxygens (including phenoxy) is 1. The molecule has 1 fully saturated rings. The van der Waals surface area contributed by atoms with Gasteiger partial charge in [-0.1, -0.05) is 0 Å². The van der Waals surface area contributed by atoms with Gasteiger partial charge in [0.1, 0.15) is 5.60 Å². The van der Waals surface area contributed by atoms with Gasteiger partial charge >= 0.3 is 6.09 Å². The fraction of sp³-hybridized carbons (Fsp3) is 0.714. The Morgan fingerprint density at radius 3 is 2.45 bits per heavy atom. The number of guanidine groups is 1. The van der Waals surface area contributed by atoms with Crippen molar-refractivity contribution in [3.05, 3.63) is 0 Å². The van der Waals surface area contributed by atoms with Gasteiger partial charge in [0.25, 0.3) is 5.91 Å². The standard InChI is InChI=1S/C14H21FN4O3/c1-8-10(15)11(20)17-12(16-8)19-6-9(7-19)18(5)13(21)22-14(2,3)4/h9-10H,6-7H2,1-5H3. The van der Waals surface area contributed by atoms with Crippen LogP contribution in [0.4, 0.5) is 9.18 Å². The molecule has 0 aromatic rings. The van der Waals surface area contributed by atoms with Gasteiger partial charge in [0.05, 0.1) is 11.8 Å². The molecule has 0 N–H and O–H groups in total. The van der Waals surface area contributed by atoms with E-state index in [1.807, 2.05) is 0 Å². The number of likely N-dealkylation sites (tertiary alicyclic amines) is 1. The molecule has 2 heterocycles. The van der Waals surface area contributed by atoms with Crippen molar-refractivity contribution in [3.8, 4) is 0 Å². The van der Waals surface area contributed by atoms with Crippen LogP contribution in [0.3, 0.4) is 0 Å². The SMILES string of the molecule is CC1=NC(N2CC(N(C)C(=O)OC(C)(C)C)C2)=NC(=O)C1F. The molecule has 0 aromatic heterocycles. The largest absolute Gasteiger partial charge is 0.444 e. The highest BCUT2D eigenvalue weighted by Crippen LogP contribution is 2.20. The first-order valence-corrected chi connectivity index (χ1v) is 7.11. The highest BCUT2D eigenvalue weighted by molar-refractivity contribution is 6.16. The van der Waals surface area contributed by atoms with Gasteiger partial charge < -0.3 is 14.5 Å². The third kappa shape index (κ3) is 3.42. The summed E-state index contributed by atoms with van der Waals surface area (Å²) >= 11 is 0. The molecule has 2 amide bonds. The van der Waals surface area contributed by atoms with Gasteiger partial charge in [-0.25, -0.2) is 14.2 Å². The lowest BCUT2D eigenvalue weighted by atomic mass is 10.1. The van der Waals surface area contributed by atoms with Crippen molar-refractivity contribution >= 4 is 23.7 Å². The second-order valence-corrected chi connectivity index (χ2v) is 6.52. The van der Waals surface area contributed by atoms with Crippen LogP contribution in [0.25, 0.3) is 0 Å². The van der Waals surface area contributed by atoms with E-state index in [9.17, 15) is 14.0 Å². The summed E-state index contributed by atoms with van der Waals surface area (Å²) in [6.07, 6.45) is -2.15. The average molecular weight is 312 g/mol. The molecule has 0 bridgehead atoms. The number of hydrogen-bond acceptors (Lipinski definition) is 5. The summed E-state index contributed by atoms with van der Waals surface area (Å²) in [4.78, 5) is 34.2. The van der Waals surface area contributed by atoms with Crippen LogP contribution in [-0.2, 0) is 9.53 Å². The molecule has 8 heteroatoms. The lowest BCUT2D eigenvalue weighted by Crippen LogP contribution is -2.62. The van der Waals surface area contributed by atoms with Gasteiger partial charge in [0, 0.05) is 20.1 Å². The summed E-state index contributed by atoms with van der Waals surface area (Å²) in [6.45, 7) is 7.84. The van der Waals surface area contributed by atoms with Crippen LogP contribution in [0.15, 0.2) is 9.98 Å². The van der Waals surface area contributed by atoms with E-state index in [2.05, 4.69) is 9.98 Å². The number of aliphatic imine (C=N–C) groups is 2. The number of nitrogens with zero attached hydrogens (tertiary/aromatic N) is 4. The Balaban J connectivity index is 1.92. The van der Waals surface area contributed by atoms with E-state index in [0.29, 0.717) is 13.1 Å². The number of carbonyl (C=O) groups excluding carboxylic acids is 2. The second-order valence-electron chi connectivity index (χ2n) is 6.52. The molecule has 2 aliphatic heterocycles. The number of hydrogen-bond donors (Lipinski definition) is 0. The molecule has 0 aromatic carbocycles. The Labute approximate surface area is 128 Å². The lowest BCUT2D eigenvalue weighted by molar-refractivity contribution is -0.120. The number of halogens is 1. The van der Waals surface area contributed by atoms with E-state index in [-0.39, 0.29) is 17.7 Å². The number of carbonyl (C=O) groups is 2. The molecule has 1 unspecified atom stereocenters. The van der Waals surface area contributed by atoms with Crippen LogP contribution in [0, 0.1) is 0 Å². The van der Waals surface area contributed by atoms with Crippen LogP contribution < -0.4 is 0 Å². The van der Waals surface area contributed by atoms with Crippen LogP contribution in [-0.4, -0.2) is 71.4 Å². The van der Waals surface area contributed by atoms with Crippen molar-refractivity contribution in [2.24, 2.45) is 9.98 Å². The van der Waals surface area contributed by atoms with Gasteiger partial charge in [-0.2, -0.15) is 4.99 Å². The Morgan fingerprint density at radius 2 is 1.95 bits per heavy atom. The number of amides is 2. The summed E-state index contributed by atoms with van der Waals surface area (Å²) in [5.74, 6) is -0.614. The molecule has 22 heavy (non-hydrogen) atoms. The maximum Gasteiger partial charge on any atom is 0.410 e. The summed E-state index contributed by atoms with van der Waals surface area (Å²) in [5, 5.41) is 0. The zero-order valence-corrected chi connectivity index (χ0v) is 13.5. The summed E-state index contributed by atoms with van der Waals surface area (Å²) < 4.78 is 18.6. The van der Waals surface area contributed by atoms with Crippen LogP contribution in [0.2, 0.25) is 0 Å². The van der Waals surface area contributed by atoms with Crippen LogP contribution in [0.5, 0.6) is 0 Å². The quantitative estimate of drug-likeness (QED) is 0.730.